The highest BCUT2D eigenvalue weighted by Crippen LogP contribution is 2.24. The molecule has 1 N–H and O–H groups in total. The number of carbonyl (C=O) groups is 1. The van der Waals surface area contributed by atoms with Gasteiger partial charge in [-0.1, -0.05) is 39.0 Å². The Kier molecular flexibility index (Phi) is 5.37. The molecule has 0 aliphatic rings. The number of benzene rings is 2. The van der Waals surface area contributed by atoms with Crippen LogP contribution in [0.2, 0.25) is 0 Å². The number of hydrogen-bond acceptors (Lipinski definition) is 2. The van der Waals surface area contributed by atoms with Crippen LogP contribution in [0.5, 0.6) is 5.75 Å². The van der Waals surface area contributed by atoms with Crippen LogP contribution in [0.15, 0.2) is 48.5 Å². The summed E-state index contributed by atoms with van der Waals surface area (Å²) in [6.07, 6.45) is 0.759. The summed E-state index contributed by atoms with van der Waals surface area (Å²) in [5, 5.41) is 2.90. The van der Waals surface area contributed by atoms with E-state index in [2.05, 4.69) is 5.32 Å². The molecule has 0 spiro atoms. The lowest BCUT2D eigenvalue weighted by Gasteiger charge is -2.21. The molecule has 23 heavy (non-hydrogen) atoms. The van der Waals surface area contributed by atoms with Crippen LogP contribution in [0.1, 0.15) is 32.8 Å². The summed E-state index contributed by atoms with van der Waals surface area (Å²) in [5.74, 6) is 0.317. The molecule has 2 aromatic rings. The van der Waals surface area contributed by atoms with E-state index >= 15 is 0 Å². The highest BCUT2D eigenvalue weighted by atomic mass is 19.1. The first-order valence-electron chi connectivity index (χ1n) is 7.69. The van der Waals surface area contributed by atoms with Crippen LogP contribution in [0.3, 0.4) is 0 Å². The van der Waals surface area contributed by atoms with Crippen molar-refractivity contribution in [3.63, 3.8) is 0 Å². The van der Waals surface area contributed by atoms with E-state index in [1.54, 1.807) is 24.3 Å². The van der Waals surface area contributed by atoms with Gasteiger partial charge in [-0.2, -0.15) is 0 Å². The monoisotopic (exact) mass is 315 g/mol. The lowest BCUT2D eigenvalue weighted by molar-refractivity contribution is -0.124. The Labute approximate surface area is 136 Å². The number of nitrogens with one attached hydrogen (secondary N) is 1. The van der Waals surface area contributed by atoms with Crippen molar-refractivity contribution in [3.8, 4) is 5.75 Å². The minimum atomic E-state index is -0.418. The molecule has 0 radical (unpaired) electrons. The second kappa shape index (κ2) is 7.27. The van der Waals surface area contributed by atoms with E-state index in [1.807, 2.05) is 32.9 Å². The Morgan fingerprint density at radius 3 is 2.61 bits per heavy atom. The predicted molar refractivity (Wildman–Crippen MR) is 89.9 cm³/mol. The molecule has 0 unspecified atom stereocenters. The molecule has 2 rings (SSSR count). The zero-order valence-corrected chi connectivity index (χ0v) is 13.7. The van der Waals surface area contributed by atoms with Crippen molar-refractivity contribution in [1.29, 1.82) is 0 Å². The maximum Gasteiger partial charge on any atom is 0.230 e. The average molecular weight is 315 g/mol. The van der Waals surface area contributed by atoms with Crippen LogP contribution in [0.25, 0.3) is 0 Å². The molecule has 0 heterocycles. The number of rotatable bonds is 6. The van der Waals surface area contributed by atoms with Crippen LogP contribution in [0.4, 0.5) is 10.1 Å². The van der Waals surface area contributed by atoms with Crippen molar-refractivity contribution in [2.45, 2.75) is 33.8 Å². The second-order valence-electron chi connectivity index (χ2n) is 6.14. The van der Waals surface area contributed by atoms with Gasteiger partial charge in [0.2, 0.25) is 5.91 Å². The first kappa shape index (κ1) is 17.0. The standard InChI is InChI=1S/C19H22FNO2/c1-4-19(2,3)18(22)21-16-9-6-10-17(12-16)23-13-14-7-5-8-15(20)11-14/h5-12H,4,13H2,1-3H3,(H,21,22). The summed E-state index contributed by atoms with van der Waals surface area (Å²) in [5.41, 5.74) is 1.03. The van der Waals surface area contributed by atoms with Gasteiger partial charge in [-0.05, 0) is 36.2 Å². The number of amides is 1. The fourth-order valence-electron chi connectivity index (χ4n) is 1.92. The van der Waals surface area contributed by atoms with Crippen molar-refractivity contribution in [1.82, 2.24) is 0 Å². The molecule has 3 nitrogen and oxygen atoms in total. The molecule has 0 aromatic heterocycles. The van der Waals surface area contributed by atoms with Gasteiger partial charge in [0.15, 0.2) is 0 Å². The summed E-state index contributed by atoms with van der Waals surface area (Å²) in [6, 6.07) is 13.5. The van der Waals surface area contributed by atoms with Gasteiger partial charge in [-0.3, -0.25) is 4.79 Å². The molecule has 0 atom stereocenters. The maximum atomic E-state index is 13.1. The minimum absolute atomic E-state index is 0.0257. The summed E-state index contributed by atoms with van der Waals surface area (Å²) in [6.45, 7) is 6.08. The highest BCUT2D eigenvalue weighted by Gasteiger charge is 2.25. The van der Waals surface area contributed by atoms with Gasteiger partial charge < -0.3 is 10.1 Å². The quantitative estimate of drug-likeness (QED) is 0.833. The van der Waals surface area contributed by atoms with Gasteiger partial charge in [0.25, 0.3) is 0 Å². The first-order valence-corrected chi connectivity index (χ1v) is 7.69. The fourth-order valence-corrected chi connectivity index (χ4v) is 1.92. The van der Waals surface area contributed by atoms with Crippen LogP contribution in [0, 0.1) is 11.2 Å². The molecule has 1 amide bonds. The normalized spacial score (nSPS) is 11.1. The van der Waals surface area contributed by atoms with Crippen molar-refractivity contribution in [2.24, 2.45) is 5.41 Å². The first-order chi connectivity index (χ1) is 10.9. The number of hydrogen-bond donors (Lipinski definition) is 1. The van der Waals surface area contributed by atoms with Gasteiger partial charge in [0.05, 0.1) is 0 Å². The third kappa shape index (κ3) is 4.81. The molecule has 0 fully saturated rings. The van der Waals surface area contributed by atoms with Gasteiger partial charge >= 0.3 is 0 Å². The molecular weight excluding hydrogens is 293 g/mol. The summed E-state index contributed by atoms with van der Waals surface area (Å²) in [4.78, 5) is 12.2. The van der Waals surface area contributed by atoms with E-state index in [0.717, 1.165) is 12.0 Å². The zero-order chi connectivity index (χ0) is 16.9. The smallest absolute Gasteiger partial charge is 0.230 e. The molecule has 0 saturated carbocycles. The van der Waals surface area contributed by atoms with E-state index in [4.69, 9.17) is 4.74 Å². The Morgan fingerprint density at radius 1 is 1.17 bits per heavy atom. The minimum Gasteiger partial charge on any atom is -0.489 e. The molecule has 122 valence electrons. The van der Waals surface area contributed by atoms with E-state index in [0.29, 0.717) is 11.4 Å². The Balaban J connectivity index is 2.01. The second-order valence-corrected chi connectivity index (χ2v) is 6.14. The van der Waals surface area contributed by atoms with Crippen LogP contribution in [-0.4, -0.2) is 5.91 Å². The molecule has 0 bridgehead atoms. The molecular formula is C19H22FNO2. The SMILES string of the molecule is CCC(C)(C)C(=O)Nc1cccc(OCc2cccc(F)c2)c1. The van der Waals surface area contributed by atoms with Crippen molar-refractivity contribution < 1.29 is 13.9 Å². The van der Waals surface area contributed by atoms with Gasteiger partial charge in [0.1, 0.15) is 18.2 Å². The maximum absolute atomic E-state index is 13.1. The van der Waals surface area contributed by atoms with E-state index in [-0.39, 0.29) is 18.3 Å². The topological polar surface area (TPSA) is 38.3 Å². The lowest BCUT2D eigenvalue weighted by atomic mass is 9.89. The van der Waals surface area contributed by atoms with Crippen molar-refractivity contribution >= 4 is 11.6 Å². The Morgan fingerprint density at radius 2 is 1.91 bits per heavy atom. The zero-order valence-electron chi connectivity index (χ0n) is 13.7. The van der Waals surface area contributed by atoms with Gasteiger partial charge in [-0.25, -0.2) is 4.39 Å². The van der Waals surface area contributed by atoms with E-state index < -0.39 is 5.41 Å². The summed E-state index contributed by atoms with van der Waals surface area (Å²) < 4.78 is 18.8. The summed E-state index contributed by atoms with van der Waals surface area (Å²) in [7, 11) is 0. The number of ether oxygens (including phenoxy) is 1. The third-order valence-corrected chi connectivity index (χ3v) is 3.88. The van der Waals surface area contributed by atoms with Crippen LogP contribution in [-0.2, 0) is 11.4 Å². The summed E-state index contributed by atoms with van der Waals surface area (Å²) >= 11 is 0. The molecule has 2 aromatic carbocycles. The predicted octanol–water partition coefficient (Wildman–Crippen LogP) is 4.78. The van der Waals surface area contributed by atoms with Crippen LogP contribution >= 0.6 is 0 Å². The highest BCUT2D eigenvalue weighted by molar-refractivity contribution is 5.94. The van der Waals surface area contributed by atoms with E-state index in [1.165, 1.54) is 12.1 Å². The molecule has 0 aliphatic carbocycles. The Hall–Kier alpha value is -2.36. The van der Waals surface area contributed by atoms with Crippen molar-refractivity contribution in [2.75, 3.05) is 5.32 Å². The molecule has 4 heteroatoms. The molecule has 0 aliphatic heterocycles. The average Bonchev–Trinajstić information content (AvgIpc) is 2.53. The number of carbonyl (C=O) groups excluding carboxylic acids is 1. The van der Waals surface area contributed by atoms with Gasteiger partial charge in [0, 0.05) is 17.2 Å². The van der Waals surface area contributed by atoms with Gasteiger partial charge in [-0.15, -0.1) is 0 Å². The molecule has 0 saturated heterocycles. The fraction of sp³-hybridized carbons (Fsp3) is 0.316. The largest absolute Gasteiger partial charge is 0.489 e. The Bertz CT molecular complexity index is 683. The van der Waals surface area contributed by atoms with Crippen molar-refractivity contribution in [3.05, 3.63) is 59.9 Å². The third-order valence-electron chi connectivity index (χ3n) is 3.88. The number of halogens is 1. The lowest BCUT2D eigenvalue weighted by Crippen LogP contribution is -2.29. The van der Waals surface area contributed by atoms with E-state index in [9.17, 15) is 9.18 Å². The number of anilines is 1. The van der Waals surface area contributed by atoms with Crippen LogP contribution < -0.4 is 10.1 Å².